The van der Waals surface area contributed by atoms with Crippen molar-refractivity contribution in [1.29, 1.82) is 0 Å². The molecule has 0 N–H and O–H groups in total. The Hall–Kier alpha value is -0.490. The molecule has 0 amide bonds. The van der Waals surface area contributed by atoms with Crippen molar-refractivity contribution in [3.05, 3.63) is 35.4 Å². The summed E-state index contributed by atoms with van der Waals surface area (Å²) < 4.78 is 0. The Labute approximate surface area is 80.6 Å². The van der Waals surface area contributed by atoms with Gasteiger partial charge >= 0.3 is 0 Å². The maximum Gasteiger partial charge on any atom is 0.0402 e. The van der Waals surface area contributed by atoms with Gasteiger partial charge in [0.1, 0.15) is 0 Å². The number of halogens is 1. The van der Waals surface area contributed by atoms with Crippen LogP contribution < -0.4 is 0 Å². The van der Waals surface area contributed by atoms with Crippen LogP contribution in [0.5, 0.6) is 0 Å². The third-order valence-corrected chi connectivity index (χ3v) is 1.80. The van der Waals surface area contributed by atoms with Gasteiger partial charge in [0, 0.05) is 5.03 Å². The lowest BCUT2D eigenvalue weighted by molar-refractivity contribution is 0.649. The van der Waals surface area contributed by atoms with Gasteiger partial charge in [-0.2, -0.15) is 0 Å². The Bertz CT molecular complexity index is 197. The van der Waals surface area contributed by atoms with Crippen LogP contribution in [0.1, 0.15) is 27.2 Å². The molecular formula is C11H17Cl. The highest BCUT2D eigenvalue weighted by atomic mass is 35.5. The summed E-state index contributed by atoms with van der Waals surface area (Å²) >= 11 is 5.82. The topological polar surface area (TPSA) is 0 Å². The normalized spacial score (nSPS) is 13.8. The van der Waals surface area contributed by atoms with Gasteiger partial charge in [0.15, 0.2) is 0 Å². The smallest absolute Gasteiger partial charge is 0.0402 e. The summed E-state index contributed by atoms with van der Waals surface area (Å²) in [4.78, 5) is 0. The highest BCUT2D eigenvalue weighted by molar-refractivity contribution is 6.31. The fraction of sp³-hybridized carbons (Fsp3) is 0.455. The SMILES string of the molecule is C=C/C(Cl)=C\C(=C/C)CC(C)C. The number of rotatable bonds is 4. The van der Waals surface area contributed by atoms with Crippen molar-refractivity contribution in [2.75, 3.05) is 0 Å². The van der Waals surface area contributed by atoms with Gasteiger partial charge in [-0.05, 0) is 25.3 Å². The van der Waals surface area contributed by atoms with Gasteiger partial charge in [0.2, 0.25) is 0 Å². The van der Waals surface area contributed by atoms with E-state index in [-0.39, 0.29) is 0 Å². The molecule has 0 fully saturated rings. The van der Waals surface area contributed by atoms with Gasteiger partial charge < -0.3 is 0 Å². The van der Waals surface area contributed by atoms with Gasteiger partial charge in [0.05, 0.1) is 0 Å². The van der Waals surface area contributed by atoms with Crippen molar-refractivity contribution in [2.45, 2.75) is 27.2 Å². The second-order valence-corrected chi connectivity index (χ2v) is 3.63. The van der Waals surface area contributed by atoms with Crippen LogP contribution in [0.4, 0.5) is 0 Å². The fourth-order valence-electron chi connectivity index (χ4n) is 0.968. The first-order valence-electron chi connectivity index (χ1n) is 4.25. The van der Waals surface area contributed by atoms with Crippen LogP contribution in [0.15, 0.2) is 35.4 Å². The van der Waals surface area contributed by atoms with E-state index in [0.717, 1.165) is 6.42 Å². The van der Waals surface area contributed by atoms with E-state index in [1.807, 2.05) is 13.0 Å². The molecule has 0 aromatic heterocycles. The zero-order valence-corrected chi connectivity index (χ0v) is 8.86. The molecule has 0 heterocycles. The summed E-state index contributed by atoms with van der Waals surface area (Å²) in [5, 5.41) is 0.712. The van der Waals surface area contributed by atoms with Crippen molar-refractivity contribution in [3.8, 4) is 0 Å². The zero-order chi connectivity index (χ0) is 9.56. The molecule has 0 aromatic carbocycles. The van der Waals surface area contributed by atoms with Gasteiger partial charge in [-0.25, -0.2) is 0 Å². The van der Waals surface area contributed by atoms with E-state index in [9.17, 15) is 0 Å². The Balaban J connectivity index is 4.29. The van der Waals surface area contributed by atoms with Crippen LogP contribution in [0.3, 0.4) is 0 Å². The summed E-state index contributed by atoms with van der Waals surface area (Å²) in [6, 6.07) is 0. The van der Waals surface area contributed by atoms with E-state index < -0.39 is 0 Å². The molecule has 0 aliphatic rings. The molecule has 0 radical (unpaired) electrons. The van der Waals surface area contributed by atoms with Crippen molar-refractivity contribution in [1.82, 2.24) is 0 Å². The molecule has 0 aliphatic carbocycles. The summed E-state index contributed by atoms with van der Waals surface area (Å²) in [6.45, 7) is 10.0. The monoisotopic (exact) mass is 184 g/mol. The molecule has 0 unspecified atom stereocenters. The lowest BCUT2D eigenvalue weighted by atomic mass is 10.0. The van der Waals surface area contributed by atoms with Gasteiger partial charge in [-0.15, -0.1) is 0 Å². The van der Waals surface area contributed by atoms with E-state index in [4.69, 9.17) is 11.6 Å². The molecule has 0 spiro atoms. The minimum Gasteiger partial charge on any atom is -0.0976 e. The van der Waals surface area contributed by atoms with E-state index in [1.54, 1.807) is 6.08 Å². The lowest BCUT2D eigenvalue weighted by Gasteiger charge is -2.04. The number of hydrogen-bond donors (Lipinski definition) is 0. The highest BCUT2D eigenvalue weighted by Gasteiger charge is 1.97. The minimum atomic E-state index is 0.668. The average molecular weight is 185 g/mol. The molecule has 0 aromatic rings. The van der Waals surface area contributed by atoms with E-state index in [0.29, 0.717) is 11.0 Å². The van der Waals surface area contributed by atoms with Crippen LogP contribution in [-0.2, 0) is 0 Å². The molecule has 0 aliphatic heterocycles. The fourth-order valence-corrected chi connectivity index (χ4v) is 1.11. The lowest BCUT2D eigenvalue weighted by Crippen LogP contribution is -1.88. The van der Waals surface area contributed by atoms with Gasteiger partial charge in [-0.1, -0.05) is 49.8 Å². The summed E-state index contributed by atoms with van der Waals surface area (Å²) in [6.07, 6.45) is 6.78. The van der Waals surface area contributed by atoms with Gasteiger partial charge in [0.25, 0.3) is 0 Å². The Kier molecular flexibility index (Phi) is 5.83. The van der Waals surface area contributed by atoms with Crippen molar-refractivity contribution < 1.29 is 0 Å². The molecule has 0 bridgehead atoms. The highest BCUT2D eigenvalue weighted by Crippen LogP contribution is 2.15. The minimum absolute atomic E-state index is 0.668. The largest absolute Gasteiger partial charge is 0.0976 e. The van der Waals surface area contributed by atoms with Crippen LogP contribution in [0.2, 0.25) is 0 Å². The molecule has 12 heavy (non-hydrogen) atoms. The summed E-state index contributed by atoms with van der Waals surface area (Å²) in [5.74, 6) is 0.668. The Morgan fingerprint density at radius 1 is 1.50 bits per heavy atom. The van der Waals surface area contributed by atoms with Crippen molar-refractivity contribution in [2.24, 2.45) is 5.92 Å². The predicted molar refractivity (Wildman–Crippen MR) is 57.3 cm³/mol. The Morgan fingerprint density at radius 3 is 2.42 bits per heavy atom. The van der Waals surface area contributed by atoms with Gasteiger partial charge in [-0.3, -0.25) is 0 Å². The third kappa shape index (κ3) is 5.20. The molecular weight excluding hydrogens is 168 g/mol. The standard InChI is InChI=1S/C11H17Cl/c1-5-10(7-9(3)4)8-11(12)6-2/h5-6,8-9H,2,7H2,1,3-4H3/b10-5-,11-8+. The molecule has 0 atom stereocenters. The number of allylic oxidation sites excluding steroid dienone is 5. The summed E-state index contributed by atoms with van der Waals surface area (Å²) in [5.41, 5.74) is 1.27. The average Bonchev–Trinajstić information content (AvgIpc) is 2.02. The molecule has 0 nitrogen and oxygen atoms in total. The molecule has 0 saturated heterocycles. The number of hydrogen-bond acceptors (Lipinski definition) is 0. The second-order valence-electron chi connectivity index (χ2n) is 3.19. The van der Waals surface area contributed by atoms with E-state index in [2.05, 4.69) is 26.5 Å². The first kappa shape index (κ1) is 11.5. The maximum atomic E-state index is 5.82. The molecule has 1 heteroatoms. The first-order chi connectivity index (χ1) is 5.60. The molecule has 0 saturated carbocycles. The quantitative estimate of drug-likeness (QED) is 0.572. The Morgan fingerprint density at radius 2 is 2.08 bits per heavy atom. The first-order valence-corrected chi connectivity index (χ1v) is 4.62. The predicted octanol–water partition coefficient (Wildman–Crippen LogP) is 4.29. The van der Waals surface area contributed by atoms with Crippen LogP contribution in [-0.4, -0.2) is 0 Å². The molecule has 0 rings (SSSR count). The van der Waals surface area contributed by atoms with Crippen LogP contribution in [0.25, 0.3) is 0 Å². The zero-order valence-electron chi connectivity index (χ0n) is 8.10. The van der Waals surface area contributed by atoms with Crippen LogP contribution >= 0.6 is 11.6 Å². The van der Waals surface area contributed by atoms with E-state index >= 15 is 0 Å². The third-order valence-electron chi connectivity index (χ3n) is 1.53. The van der Waals surface area contributed by atoms with Crippen molar-refractivity contribution in [3.63, 3.8) is 0 Å². The van der Waals surface area contributed by atoms with Crippen LogP contribution in [0, 0.1) is 5.92 Å². The molecule has 68 valence electrons. The summed E-state index contributed by atoms with van der Waals surface area (Å²) in [7, 11) is 0. The second kappa shape index (κ2) is 6.07. The van der Waals surface area contributed by atoms with Crippen molar-refractivity contribution >= 4 is 11.6 Å². The van der Waals surface area contributed by atoms with E-state index in [1.165, 1.54) is 5.57 Å². The maximum absolute atomic E-state index is 5.82.